The molecule has 190 valence electrons. The Bertz CT molecular complexity index is 1320. The summed E-state index contributed by atoms with van der Waals surface area (Å²) in [4.78, 5) is 42.0. The lowest BCUT2D eigenvalue weighted by Crippen LogP contribution is -2.55. The zero-order valence-corrected chi connectivity index (χ0v) is 20.2. The Kier molecular flexibility index (Phi) is 6.62. The third-order valence-electron chi connectivity index (χ3n) is 7.14. The minimum atomic E-state index is -1.52. The fourth-order valence-corrected chi connectivity index (χ4v) is 5.07. The first-order chi connectivity index (χ1) is 17.9. The van der Waals surface area contributed by atoms with E-state index in [1.165, 1.54) is 6.20 Å². The van der Waals surface area contributed by atoms with Gasteiger partial charge in [0, 0.05) is 36.2 Å². The number of carboxylic acids is 1. The van der Waals surface area contributed by atoms with Crippen molar-refractivity contribution < 1.29 is 24.6 Å². The van der Waals surface area contributed by atoms with Crippen LogP contribution < -0.4 is 16.0 Å². The number of aromatic nitrogens is 1. The molecule has 0 bridgehead atoms. The second kappa shape index (κ2) is 10.0. The molecule has 37 heavy (non-hydrogen) atoms. The number of fused-ring (bicyclic) bond motifs is 1. The van der Waals surface area contributed by atoms with Gasteiger partial charge in [0.2, 0.25) is 0 Å². The number of rotatable bonds is 6. The third kappa shape index (κ3) is 4.90. The lowest BCUT2D eigenvalue weighted by atomic mass is 9.95. The Morgan fingerprint density at radius 2 is 1.57 bits per heavy atom. The standard InChI is InChI=1S/C28H28N4O5/c33-24-22(17-5-7-18(8-6-17)25(34)31-21-9-12-29-13-10-21)11-14-30-23(24)26(35)32-28(27(36)37)15-19-3-1-2-4-20(19)16-28/h1-8,11,14,21,29,33H,9-10,12-13,15-16H2,(H,31,34)(H,32,35)(H,36,37). The summed E-state index contributed by atoms with van der Waals surface area (Å²) in [5.41, 5.74) is 1.38. The summed E-state index contributed by atoms with van der Waals surface area (Å²) in [5, 5.41) is 29.8. The zero-order valence-electron chi connectivity index (χ0n) is 20.2. The van der Waals surface area contributed by atoms with E-state index >= 15 is 0 Å². The molecule has 2 heterocycles. The summed E-state index contributed by atoms with van der Waals surface area (Å²) in [7, 11) is 0. The summed E-state index contributed by atoms with van der Waals surface area (Å²) < 4.78 is 0. The number of carbonyl (C=O) groups is 3. The zero-order chi connectivity index (χ0) is 26.0. The fraction of sp³-hybridized carbons (Fsp3) is 0.286. The molecule has 0 spiro atoms. The first kappa shape index (κ1) is 24.5. The van der Waals surface area contributed by atoms with Crippen LogP contribution in [0.2, 0.25) is 0 Å². The number of carbonyl (C=O) groups excluding carboxylic acids is 2. The Hall–Kier alpha value is -4.24. The van der Waals surface area contributed by atoms with Crippen LogP contribution in [0, 0.1) is 0 Å². The van der Waals surface area contributed by atoms with E-state index in [0.717, 1.165) is 37.1 Å². The summed E-state index contributed by atoms with van der Waals surface area (Å²) in [5.74, 6) is -2.43. The van der Waals surface area contributed by atoms with E-state index in [1.54, 1.807) is 30.3 Å². The van der Waals surface area contributed by atoms with Crippen molar-refractivity contribution in [2.75, 3.05) is 13.1 Å². The molecule has 0 unspecified atom stereocenters. The molecule has 0 saturated carbocycles. The monoisotopic (exact) mass is 500 g/mol. The second-order valence-corrected chi connectivity index (χ2v) is 9.59. The largest absolute Gasteiger partial charge is 0.505 e. The summed E-state index contributed by atoms with van der Waals surface area (Å²) in [6, 6.07) is 15.8. The number of nitrogens with zero attached hydrogens (tertiary/aromatic N) is 1. The van der Waals surface area contributed by atoms with E-state index in [9.17, 15) is 24.6 Å². The number of hydrogen-bond donors (Lipinski definition) is 5. The van der Waals surface area contributed by atoms with Crippen LogP contribution in [0.15, 0.2) is 60.8 Å². The van der Waals surface area contributed by atoms with Crippen LogP contribution in [-0.4, -0.2) is 57.7 Å². The number of aliphatic carboxylic acids is 1. The van der Waals surface area contributed by atoms with E-state index in [2.05, 4.69) is 20.9 Å². The van der Waals surface area contributed by atoms with Crippen molar-refractivity contribution in [3.05, 3.63) is 83.2 Å². The van der Waals surface area contributed by atoms with Crippen LogP contribution >= 0.6 is 0 Å². The molecule has 5 N–H and O–H groups in total. The van der Waals surface area contributed by atoms with E-state index in [0.29, 0.717) is 16.7 Å². The number of nitrogens with one attached hydrogen (secondary N) is 3. The van der Waals surface area contributed by atoms with Gasteiger partial charge in [-0.15, -0.1) is 0 Å². The number of amides is 2. The molecule has 1 aliphatic heterocycles. The van der Waals surface area contributed by atoms with Gasteiger partial charge in [0.05, 0.1) is 0 Å². The van der Waals surface area contributed by atoms with E-state index < -0.39 is 17.4 Å². The maximum absolute atomic E-state index is 13.1. The number of aromatic hydroxyl groups is 1. The number of piperidine rings is 1. The molecule has 1 fully saturated rings. The van der Waals surface area contributed by atoms with Crippen molar-refractivity contribution in [2.24, 2.45) is 0 Å². The van der Waals surface area contributed by atoms with Gasteiger partial charge < -0.3 is 26.2 Å². The lowest BCUT2D eigenvalue weighted by Gasteiger charge is -2.25. The number of benzene rings is 2. The topological polar surface area (TPSA) is 141 Å². The molecule has 9 nitrogen and oxygen atoms in total. The molecular formula is C28H28N4O5. The smallest absolute Gasteiger partial charge is 0.330 e. The van der Waals surface area contributed by atoms with Crippen molar-refractivity contribution >= 4 is 17.8 Å². The van der Waals surface area contributed by atoms with Gasteiger partial charge in [-0.25, -0.2) is 9.78 Å². The van der Waals surface area contributed by atoms with Gasteiger partial charge in [0.15, 0.2) is 11.4 Å². The second-order valence-electron chi connectivity index (χ2n) is 9.59. The van der Waals surface area contributed by atoms with Crippen LogP contribution in [0.5, 0.6) is 5.75 Å². The molecule has 1 aromatic heterocycles. The molecule has 1 aliphatic carbocycles. The van der Waals surface area contributed by atoms with Crippen LogP contribution in [0.4, 0.5) is 0 Å². The third-order valence-corrected chi connectivity index (χ3v) is 7.14. The fourth-order valence-electron chi connectivity index (χ4n) is 5.07. The molecule has 1 saturated heterocycles. The minimum Gasteiger partial charge on any atom is -0.505 e. The average Bonchev–Trinajstić information content (AvgIpc) is 3.29. The Morgan fingerprint density at radius 3 is 2.19 bits per heavy atom. The lowest BCUT2D eigenvalue weighted by molar-refractivity contribution is -0.144. The molecule has 0 radical (unpaired) electrons. The van der Waals surface area contributed by atoms with Gasteiger partial charge in [-0.3, -0.25) is 9.59 Å². The summed E-state index contributed by atoms with van der Waals surface area (Å²) in [6.45, 7) is 1.75. The Morgan fingerprint density at radius 1 is 0.919 bits per heavy atom. The van der Waals surface area contributed by atoms with Gasteiger partial charge in [0.1, 0.15) is 5.54 Å². The number of pyridine rings is 1. The molecule has 5 rings (SSSR count). The van der Waals surface area contributed by atoms with Crippen molar-refractivity contribution in [1.29, 1.82) is 0 Å². The molecular weight excluding hydrogens is 472 g/mol. The molecule has 9 heteroatoms. The number of carboxylic acid groups (broad SMARTS) is 1. The molecule has 0 atom stereocenters. The first-order valence-electron chi connectivity index (χ1n) is 12.3. The van der Waals surface area contributed by atoms with Crippen molar-refractivity contribution in [1.82, 2.24) is 20.9 Å². The molecule has 2 amide bonds. The Labute approximate surface area is 213 Å². The highest BCUT2D eigenvalue weighted by Crippen LogP contribution is 2.34. The van der Waals surface area contributed by atoms with Crippen LogP contribution in [0.1, 0.15) is 44.8 Å². The SMILES string of the molecule is O=C(NC1CCNCC1)c1ccc(-c2ccnc(C(=O)NC3(C(=O)O)Cc4ccccc4C3)c2O)cc1. The first-order valence-corrected chi connectivity index (χ1v) is 12.3. The van der Waals surface area contributed by atoms with Gasteiger partial charge in [-0.2, -0.15) is 0 Å². The molecule has 2 aliphatic rings. The Balaban J connectivity index is 1.33. The summed E-state index contributed by atoms with van der Waals surface area (Å²) in [6.07, 6.45) is 3.44. The molecule has 3 aromatic rings. The van der Waals surface area contributed by atoms with Gasteiger partial charge in [-0.1, -0.05) is 36.4 Å². The predicted molar refractivity (Wildman–Crippen MR) is 136 cm³/mol. The highest BCUT2D eigenvalue weighted by molar-refractivity contribution is 6.01. The van der Waals surface area contributed by atoms with Crippen molar-refractivity contribution in [2.45, 2.75) is 37.3 Å². The van der Waals surface area contributed by atoms with Gasteiger partial charge in [-0.05, 0) is 60.8 Å². The van der Waals surface area contributed by atoms with Gasteiger partial charge in [0.25, 0.3) is 11.8 Å². The predicted octanol–water partition coefficient (Wildman–Crippen LogP) is 2.29. The van der Waals surface area contributed by atoms with Crippen LogP contribution in [-0.2, 0) is 17.6 Å². The van der Waals surface area contributed by atoms with Crippen molar-refractivity contribution in [3.8, 4) is 16.9 Å². The maximum Gasteiger partial charge on any atom is 0.330 e. The maximum atomic E-state index is 13.1. The normalized spacial score (nSPS) is 16.5. The summed E-state index contributed by atoms with van der Waals surface area (Å²) >= 11 is 0. The van der Waals surface area contributed by atoms with E-state index in [-0.39, 0.29) is 36.2 Å². The molecule has 2 aromatic carbocycles. The highest BCUT2D eigenvalue weighted by Gasteiger charge is 2.46. The quantitative estimate of drug-likeness (QED) is 0.350. The van der Waals surface area contributed by atoms with Crippen molar-refractivity contribution in [3.63, 3.8) is 0 Å². The number of hydrogen-bond acceptors (Lipinski definition) is 6. The minimum absolute atomic E-state index is 0.139. The highest BCUT2D eigenvalue weighted by atomic mass is 16.4. The van der Waals surface area contributed by atoms with E-state index in [4.69, 9.17) is 0 Å². The average molecular weight is 501 g/mol. The van der Waals surface area contributed by atoms with Crippen LogP contribution in [0.3, 0.4) is 0 Å². The van der Waals surface area contributed by atoms with Crippen LogP contribution in [0.25, 0.3) is 11.1 Å². The van der Waals surface area contributed by atoms with E-state index in [1.807, 2.05) is 24.3 Å². The van der Waals surface area contributed by atoms with Gasteiger partial charge >= 0.3 is 5.97 Å².